The third-order valence-electron chi connectivity index (χ3n) is 2.05. The van der Waals surface area contributed by atoms with Crippen molar-refractivity contribution in [3.8, 4) is 0 Å². The highest BCUT2D eigenvalue weighted by Gasteiger charge is 2.33. The second-order valence-corrected chi connectivity index (χ2v) is 5.77. The Morgan fingerprint density at radius 3 is 2.62 bits per heavy atom. The summed E-state index contributed by atoms with van der Waals surface area (Å²) in [4.78, 5) is 24.2. The molecule has 0 unspecified atom stereocenters. The smallest absolute Gasteiger partial charge is 0.411 e. The van der Waals surface area contributed by atoms with E-state index in [-0.39, 0.29) is 24.5 Å². The van der Waals surface area contributed by atoms with E-state index in [1.807, 2.05) is 20.8 Å². The maximum Gasteiger partial charge on any atom is 0.411 e. The number of primary amides is 1. The fourth-order valence-electron chi connectivity index (χ4n) is 1.41. The number of rotatable bonds is 2. The molecule has 2 amide bonds. The summed E-state index contributed by atoms with van der Waals surface area (Å²) in [5.41, 5.74) is 4.62. The number of hydrogen-bond acceptors (Lipinski definition) is 4. The molecule has 92 valence electrons. The highest BCUT2D eigenvalue weighted by Crippen LogP contribution is 2.25. The first-order valence-corrected chi connectivity index (χ1v) is 6.31. The predicted molar refractivity (Wildman–Crippen MR) is 63.0 cm³/mol. The zero-order chi connectivity index (χ0) is 12.3. The molecule has 0 aromatic rings. The van der Waals surface area contributed by atoms with Gasteiger partial charge in [0.1, 0.15) is 5.60 Å². The number of ether oxygens (including phenoxy) is 1. The third kappa shape index (κ3) is 3.92. The quantitative estimate of drug-likeness (QED) is 0.794. The predicted octanol–water partition coefficient (Wildman–Crippen LogP) is 1.17. The molecule has 1 saturated heterocycles. The van der Waals surface area contributed by atoms with Gasteiger partial charge in [-0.25, -0.2) is 4.79 Å². The largest absolute Gasteiger partial charge is 0.444 e. The van der Waals surface area contributed by atoms with Crippen LogP contribution in [0.25, 0.3) is 0 Å². The summed E-state index contributed by atoms with van der Waals surface area (Å²) in [7, 11) is 0. The van der Waals surface area contributed by atoms with Gasteiger partial charge in [-0.05, 0) is 20.8 Å². The number of hydrogen-bond donors (Lipinski definition) is 1. The fraction of sp³-hybridized carbons (Fsp3) is 0.800. The maximum atomic E-state index is 11.8. The molecule has 1 atom stereocenters. The van der Waals surface area contributed by atoms with Crippen molar-refractivity contribution in [2.24, 2.45) is 5.73 Å². The summed E-state index contributed by atoms with van der Waals surface area (Å²) >= 11 is 1.60. The van der Waals surface area contributed by atoms with Gasteiger partial charge in [-0.1, -0.05) is 0 Å². The van der Waals surface area contributed by atoms with Gasteiger partial charge in [-0.3, -0.25) is 9.69 Å². The van der Waals surface area contributed by atoms with Crippen molar-refractivity contribution in [3.63, 3.8) is 0 Å². The monoisotopic (exact) mass is 246 g/mol. The Kier molecular flexibility index (Phi) is 4.07. The van der Waals surface area contributed by atoms with Gasteiger partial charge < -0.3 is 10.5 Å². The van der Waals surface area contributed by atoms with Crippen molar-refractivity contribution in [1.29, 1.82) is 0 Å². The summed E-state index contributed by atoms with van der Waals surface area (Å²) in [6, 6.07) is -0.127. The summed E-state index contributed by atoms with van der Waals surface area (Å²) < 4.78 is 5.25. The van der Waals surface area contributed by atoms with E-state index < -0.39 is 5.60 Å². The number of nitrogens with zero attached hydrogens (tertiary/aromatic N) is 1. The van der Waals surface area contributed by atoms with Crippen molar-refractivity contribution in [2.45, 2.75) is 38.8 Å². The van der Waals surface area contributed by atoms with E-state index in [1.165, 1.54) is 0 Å². The van der Waals surface area contributed by atoms with Gasteiger partial charge in [-0.15, -0.1) is 11.8 Å². The van der Waals surface area contributed by atoms with Gasteiger partial charge >= 0.3 is 6.09 Å². The van der Waals surface area contributed by atoms with Crippen molar-refractivity contribution >= 4 is 23.8 Å². The van der Waals surface area contributed by atoms with Crippen LogP contribution in [0.2, 0.25) is 0 Å². The molecular weight excluding hydrogens is 228 g/mol. The van der Waals surface area contributed by atoms with Crippen molar-refractivity contribution in [1.82, 2.24) is 4.90 Å². The molecule has 6 heteroatoms. The Hall–Kier alpha value is -0.910. The standard InChI is InChI=1S/C10H18N2O3S/c1-10(2,3)15-9(14)12-6-16-5-7(12)4-8(11)13/h7H,4-6H2,1-3H3,(H2,11,13)/t7-/m0/s1. The van der Waals surface area contributed by atoms with Gasteiger partial charge in [0.25, 0.3) is 0 Å². The van der Waals surface area contributed by atoms with Crippen LogP contribution in [0.15, 0.2) is 0 Å². The van der Waals surface area contributed by atoms with Crippen LogP contribution in [0, 0.1) is 0 Å². The average Bonchev–Trinajstić information content (AvgIpc) is 2.47. The molecular formula is C10H18N2O3S. The first kappa shape index (κ1) is 13.2. The average molecular weight is 246 g/mol. The molecule has 0 aromatic heterocycles. The van der Waals surface area contributed by atoms with Crippen molar-refractivity contribution in [2.75, 3.05) is 11.6 Å². The van der Waals surface area contributed by atoms with E-state index in [0.717, 1.165) is 5.75 Å². The number of carbonyl (C=O) groups excluding carboxylic acids is 2. The van der Waals surface area contributed by atoms with Crippen LogP contribution in [-0.2, 0) is 9.53 Å². The highest BCUT2D eigenvalue weighted by atomic mass is 32.2. The van der Waals surface area contributed by atoms with Crippen LogP contribution in [0.3, 0.4) is 0 Å². The second-order valence-electron chi connectivity index (χ2n) is 4.77. The summed E-state index contributed by atoms with van der Waals surface area (Å²) in [5, 5.41) is 0. The second kappa shape index (κ2) is 4.95. The highest BCUT2D eigenvalue weighted by molar-refractivity contribution is 7.99. The van der Waals surface area contributed by atoms with Crippen LogP contribution in [0.1, 0.15) is 27.2 Å². The van der Waals surface area contributed by atoms with E-state index in [2.05, 4.69) is 0 Å². The molecule has 0 aromatic carbocycles. The number of nitrogens with two attached hydrogens (primary N) is 1. The maximum absolute atomic E-state index is 11.8. The zero-order valence-corrected chi connectivity index (χ0v) is 10.7. The van der Waals surface area contributed by atoms with Gasteiger partial charge in [0, 0.05) is 12.2 Å². The lowest BCUT2D eigenvalue weighted by atomic mass is 10.2. The molecule has 1 fully saturated rings. The van der Waals surface area contributed by atoms with Gasteiger partial charge in [-0.2, -0.15) is 0 Å². The topological polar surface area (TPSA) is 72.6 Å². The molecule has 1 rings (SSSR count). The lowest BCUT2D eigenvalue weighted by Crippen LogP contribution is -2.42. The summed E-state index contributed by atoms with van der Waals surface area (Å²) in [6.45, 7) is 5.45. The molecule has 1 aliphatic heterocycles. The van der Waals surface area contributed by atoms with E-state index >= 15 is 0 Å². The normalized spacial score (nSPS) is 20.9. The van der Waals surface area contributed by atoms with Gasteiger partial charge in [0.2, 0.25) is 5.91 Å². The molecule has 0 bridgehead atoms. The summed E-state index contributed by atoms with van der Waals surface area (Å²) in [6.07, 6.45) is -0.171. The van der Waals surface area contributed by atoms with E-state index in [0.29, 0.717) is 5.88 Å². The Balaban J connectivity index is 2.57. The SMILES string of the molecule is CC(C)(C)OC(=O)N1CSC[C@@H]1CC(N)=O. The van der Waals surface area contributed by atoms with Gasteiger partial charge in [0.15, 0.2) is 0 Å². The molecule has 5 nitrogen and oxygen atoms in total. The first-order valence-electron chi connectivity index (χ1n) is 5.15. The first-order chi connectivity index (χ1) is 7.29. The number of amides is 2. The minimum atomic E-state index is -0.512. The molecule has 2 N–H and O–H groups in total. The number of carbonyl (C=O) groups is 2. The Morgan fingerprint density at radius 2 is 2.12 bits per heavy atom. The zero-order valence-electron chi connectivity index (χ0n) is 9.86. The van der Waals surface area contributed by atoms with E-state index in [9.17, 15) is 9.59 Å². The molecule has 0 radical (unpaired) electrons. The molecule has 16 heavy (non-hydrogen) atoms. The molecule has 0 aliphatic carbocycles. The van der Waals surface area contributed by atoms with E-state index in [4.69, 9.17) is 10.5 Å². The minimum absolute atomic E-state index is 0.127. The van der Waals surface area contributed by atoms with Crippen molar-refractivity contribution in [3.05, 3.63) is 0 Å². The van der Waals surface area contributed by atoms with Crippen LogP contribution in [-0.4, -0.2) is 40.2 Å². The molecule has 0 saturated carbocycles. The molecule has 1 aliphatic rings. The van der Waals surface area contributed by atoms with Gasteiger partial charge in [0.05, 0.1) is 11.9 Å². The van der Waals surface area contributed by atoms with Crippen LogP contribution in [0.5, 0.6) is 0 Å². The Labute approximate surface area is 99.7 Å². The lowest BCUT2D eigenvalue weighted by Gasteiger charge is -2.27. The van der Waals surface area contributed by atoms with Crippen LogP contribution in [0.4, 0.5) is 4.79 Å². The van der Waals surface area contributed by atoms with Crippen LogP contribution < -0.4 is 5.73 Å². The van der Waals surface area contributed by atoms with E-state index in [1.54, 1.807) is 16.7 Å². The molecule has 0 spiro atoms. The fourth-order valence-corrected chi connectivity index (χ4v) is 2.59. The lowest BCUT2D eigenvalue weighted by molar-refractivity contribution is -0.118. The van der Waals surface area contributed by atoms with Crippen molar-refractivity contribution < 1.29 is 14.3 Å². The number of thioether (sulfide) groups is 1. The third-order valence-corrected chi connectivity index (χ3v) is 3.13. The van der Waals surface area contributed by atoms with Crippen LogP contribution >= 0.6 is 11.8 Å². The molecule has 1 heterocycles. The summed E-state index contributed by atoms with van der Waals surface area (Å²) in [5.74, 6) is 0.913. The Bertz CT molecular complexity index is 288. The minimum Gasteiger partial charge on any atom is -0.444 e. The Morgan fingerprint density at radius 1 is 1.50 bits per heavy atom.